The number of benzene rings is 1. The lowest BCUT2D eigenvalue weighted by atomic mass is 10.1. The molecule has 0 radical (unpaired) electrons. The van der Waals surface area contributed by atoms with Crippen LogP contribution in [0.5, 0.6) is 5.75 Å². The number of nitrogens with one attached hydrogen (secondary N) is 1. The Morgan fingerprint density at radius 1 is 1.24 bits per heavy atom. The Balaban J connectivity index is 1.34. The smallest absolute Gasteiger partial charge is 0.257 e. The van der Waals surface area contributed by atoms with Gasteiger partial charge in [-0.1, -0.05) is 5.16 Å². The van der Waals surface area contributed by atoms with Gasteiger partial charge in [0.25, 0.3) is 5.91 Å². The molecule has 4 aromatic rings. The minimum Gasteiger partial charge on any atom is -0.490 e. The van der Waals surface area contributed by atoms with E-state index in [2.05, 4.69) is 15.5 Å². The molecule has 1 N–H and O–H groups in total. The second-order valence-electron chi connectivity index (χ2n) is 8.30. The molecule has 0 saturated carbocycles. The molecule has 1 aliphatic rings. The van der Waals surface area contributed by atoms with Crippen molar-refractivity contribution in [2.75, 3.05) is 0 Å². The van der Waals surface area contributed by atoms with E-state index in [1.54, 1.807) is 24.4 Å². The predicted molar refractivity (Wildman–Crippen MR) is 123 cm³/mol. The molecule has 0 spiro atoms. The summed E-state index contributed by atoms with van der Waals surface area (Å²) in [4.78, 5) is 30.2. The summed E-state index contributed by atoms with van der Waals surface area (Å²) < 4.78 is 13.0. The molecule has 8 heteroatoms. The number of carbonyl (C=O) groups is 1. The molecule has 8 nitrogen and oxygen atoms in total. The minimum atomic E-state index is -0.460. The molecule has 4 heterocycles. The Hall–Kier alpha value is -3.94. The van der Waals surface area contributed by atoms with Crippen molar-refractivity contribution >= 4 is 16.9 Å². The lowest BCUT2D eigenvalue weighted by Crippen LogP contribution is -2.29. The molecule has 0 saturated heterocycles. The fourth-order valence-corrected chi connectivity index (χ4v) is 4.14. The number of carbonyl (C=O) groups excluding carboxylic acids is 1. The normalized spacial score (nSPS) is 14.8. The summed E-state index contributed by atoms with van der Waals surface area (Å²) in [6, 6.07) is 11.2. The molecule has 1 atom stereocenters. The number of rotatable bonds is 5. The second-order valence-corrected chi connectivity index (χ2v) is 8.30. The number of aryl methyl sites for hydroxylation is 2. The summed E-state index contributed by atoms with van der Waals surface area (Å²) in [6.45, 7) is 6.58. The first-order valence-electron chi connectivity index (χ1n) is 11.0. The first-order chi connectivity index (χ1) is 15.9. The van der Waals surface area contributed by atoms with Gasteiger partial charge in [-0.3, -0.25) is 9.59 Å². The van der Waals surface area contributed by atoms with Gasteiger partial charge in [0.2, 0.25) is 5.43 Å². The van der Waals surface area contributed by atoms with Gasteiger partial charge in [0.05, 0.1) is 11.9 Å². The summed E-state index contributed by atoms with van der Waals surface area (Å²) >= 11 is 0. The lowest BCUT2D eigenvalue weighted by molar-refractivity contribution is 0.0948. The van der Waals surface area contributed by atoms with E-state index >= 15 is 0 Å². The fourth-order valence-electron chi connectivity index (χ4n) is 4.14. The van der Waals surface area contributed by atoms with Crippen molar-refractivity contribution in [1.82, 2.24) is 20.0 Å². The van der Waals surface area contributed by atoms with Crippen LogP contribution in [0.3, 0.4) is 0 Å². The summed E-state index contributed by atoms with van der Waals surface area (Å²) in [7, 11) is 0. The first kappa shape index (κ1) is 20.9. The van der Waals surface area contributed by atoms with Gasteiger partial charge in [0.1, 0.15) is 28.8 Å². The van der Waals surface area contributed by atoms with Crippen LogP contribution in [0.2, 0.25) is 0 Å². The highest BCUT2D eigenvalue weighted by atomic mass is 16.5. The van der Waals surface area contributed by atoms with Crippen LogP contribution in [0.1, 0.15) is 41.2 Å². The largest absolute Gasteiger partial charge is 0.490 e. The highest BCUT2D eigenvalue weighted by molar-refractivity contribution is 5.96. The number of ether oxygens (including phenoxy) is 1. The molecule has 0 fully saturated rings. The SMILES string of the molecule is CCn1cc(C(=O)NCc2cc(-c3ccc4c(c3)CC(C)O4)on2)c(=O)c2ccc(C)nc21. The number of amides is 1. The van der Waals surface area contributed by atoms with Crippen molar-refractivity contribution < 1.29 is 14.1 Å². The predicted octanol–water partition coefficient (Wildman–Crippen LogP) is 3.63. The zero-order valence-electron chi connectivity index (χ0n) is 18.7. The Morgan fingerprint density at radius 3 is 2.91 bits per heavy atom. The van der Waals surface area contributed by atoms with Gasteiger partial charge >= 0.3 is 0 Å². The van der Waals surface area contributed by atoms with Crippen molar-refractivity contribution in [1.29, 1.82) is 0 Å². The molecular weight excluding hydrogens is 420 g/mol. The molecular formula is C25H24N4O4. The maximum absolute atomic E-state index is 12.9. The number of aromatic nitrogens is 3. The number of pyridine rings is 2. The monoisotopic (exact) mass is 444 g/mol. The number of hydrogen-bond acceptors (Lipinski definition) is 6. The standard InChI is InChI=1S/C25H24N4O4/c1-4-29-13-20(23(30)19-7-5-14(2)27-24(19)29)25(31)26-12-18-11-22(33-28-18)16-6-8-21-17(10-16)9-15(3)32-21/h5-8,10-11,13,15H,4,9,12H2,1-3H3,(H,26,31). The van der Waals surface area contributed by atoms with Crippen molar-refractivity contribution in [2.24, 2.45) is 0 Å². The third-order valence-electron chi connectivity index (χ3n) is 5.82. The zero-order chi connectivity index (χ0) is 23.1. The maximum Gasteiger partial charge on any atom is 0.257 e. The van der Waals surface area contributed by atoms with Gasteiger partial charge in [-0.25, -0.2) is 4.98 Å². The van der Waals surface area contributed by atoms with Crippen LogP contribution in [0.15, 0.2) is 51.9 Å². The van der Waals surface area contributed by atoms with E-state index in [-0.39, 0.29) is 23.6 Å². The summed E-state index contributed by atoms with van der Waals surface area (Å²) in [5.41, 5.74) is 3.74. The molecule has 1 amide bonds. The van der Waals surface area contributed by atoms with Gasteiger partial charge in [-0.2, -0.15) is 0 Å². The fraction of sp³-hybridized carbons (Fsp3) is 0.280. The Labute approximate surface area is 190 Å². The molecule has 33 heavy (non-hydrogen) atoms. The highest BCUT2D eigenvalue weighted by Crippen LogP contribution is 2.33. The van der Waals surface area contributed by atoms with E-state index in [9.17, 15) is 9.59 Å². The van der Waals surface area contributed by atoms with Crippen LogP contribution in [-0.2, 0) is 19.5 Å². The molecule has 1 unspecified atom stereocenters. The van der Waals surface area contributed by atoms with Crippen LogP contribution in [0.4, 0.5) is 0 Å². The molecule has 1 aliphatic heterocycles. The van der Waals surface area contributed by atoms with E-state index in [0.29, 0.717) is 29.0 Å². The number of hydrogen-bond donors (Lipinski definition) is 1. The molecule has 0 aliphatic carbocycles. The maximum atomic E-state index is 12.9. The van der Waals surface area contributed by atoms with Crippen LogP contribution in [-0.4, -0.2) is 26.7 Å². The van der Waals surface area contributed by atoms with Gasteiger partial charge < -0.3 is 19.1 Å². The van der Waals surface area contributed by atoms with Gasteiger partial charge in [-0.05, 0) is 56.7 Å². The van der Waals surface area contributed by atoms with E-state index < -0.39 is 5.91 Å². The van der Waals surface area contributed by atoms with Crippen LogP contribution in [0, 0.1) is 6.92 Å². The highest BCUT2D eigenvalue weighted by Gasteiger charge is 2.21. The van der Waals surface area contributed by atoms with Crippen molar-refractivity contribution in [3.63, 3.8) is 0 Å². The summed E-state index contributed by atoms with van der Waals surface area (Å²) in [5.74, 6) is 1.05. The molecule has 5 rings (SSSR count). The van der Waals surface area contributed by atoms with Crippen molar-refractivity contribution in [3.05, 3.63) is 75.3 Å². The van der Waals surface area contributed by atoms with E-state index in [1.807, 2.05) is 43.5 Å². The number of nitrogens with zero attached hydrogens (tertiary/aromatic N) is 3. The number of fused-ring (bicyclic) bond motifs is 2. The lowest BCUT2D eigenvalue weighted by Gasteiger charge is -2.11. The van der Waals surface area contributed by atoms with Crippen molar-refractivity contribution in [2.45, 2.75) is 46.4 Å². The minimum absolute atomic E-state index is 0.0754. The van der Waals surface area contributed by atoms with E-state index in [0.717, 1.165) is 29.0 Å². The van der Waals surface area contributed by atoms with Crippen molar-refractivity contribution in [3.8, 4) is 17.1 Å². The quantitative estimate of drug-likeness (QED) is 0.505. The molecule has 168 valence electrons. The van der Waals surface area contributed by atoms with Gasteiger partial charge in [0.15, 0.2) is 5.76 Å². The molecule has 3 aromatic heterocycles. The first-order valence-corrected chi connectivity index (χ1v) is 11.0. The summed E-state index contributed by atoms with van der Waals surface area (Å²) in [5, 5.41) is 7.27. The van der Waals surface area contributed by atoms with E-state index in [4.69, 9.17) is 9.26 Å². The Bertz CT molecular complexity index is 1440. The Morgan fingerprint density at radius 2 is 2.09 bits per heavy atom. The van der Waals surface area contributed by atoms with Gasteiger partial charge in [0, 0.05) is 36.5 Å². The third-order valence-corrected chi connectivity index (χ3v) is 5.82. The molecule has 1 aromatic carbocycles. The Kier molecular flexibility index (Phi) is 5.20. The topological polar surface area (TPSA) is 99.3 Å². The average Bonchev–Trinajstić information content (AvgIpc) is 3.42. The van der Waals surface area contributed by atoms with Crippen LogP contribution < -0.4 is 15.5 Å². The second kappa shape index (κ2) is 8.20. The van der Waals surface area contributed by atoms with Crippen LogP contribution >= 0.6 is 0 Å². The zero-order valence-corrected chi connectivity index (χ0v) is 18.7. The molecule has 0 bridgehead atoms. The van der Waals surface area contributed by atoms with Crippen LogP contribution in [0.25, 0.3) is 22.4 Å². The average molecular weight is 444 g/mol. The van der Waals surface area contributed by atoms with E-state index in [1.165, 1.54) is 0 Å². The third kappa shape index (κ3) is 3.88. The van der Waals surface area contributed by atoms with Gasteiger partial charge in [-0.15, -0.1) is 0 Å². The summed E-state index contributed by atoms with van der Waals surface area (Å²) in [6.07, 6.45) is 2.59.